The molecule has 0 aromatic carbocycles. The van der Waals surface area contributed by atoms with Crippen LogP contribution in [0.4, 0.5) is 0 Å². The van der Waals surface area contributed by atoms with Crippen molar-refractivity contribution in [2.75, 3.05) is 7.05 Å². The van der Waals surface area contributed by atoms with Crippen LogP contribution in [0.3, 0.4) is 0 Å². The van der Waals surface area contributed by atoms with Crippen LogP contribution in [0.1, 0.15) is 57.1 Å². The molecule has 1 heterocycles. The van der Waals surface area contributed by atoms with Crippen LogP contribution < -0.4 is 5.32 Å². The Hall–Kier alpha value is -0.800. The summed E-state index contributed by atoms with van der Waals surface area (Å²) in [5.41, 5.74) is 1.23. The van der Waals surface area contributed by atoms with Crippen LogP contribution in [0.15, 0.2) is 10.5 Å². The van der Waals surface area contributed by atoms with Crippen molar-refractivity contribution in [2.24, 2.45) is 17.8 Å². The molecule has 1 aliphatic carbocycles. The maximum atomic E-state index is 6.25. The van der Waals surface area contributed by atoms with Crippen molar-refractivity contribution in [2.45, 2.75) is 66.2 Å². The van der Waals surface area contributed by atoms with E-state index in [1.165, 1.54) is 24.8 Å². The monoisotopic (exact) mass is 293 g/mol. The van der Waals surface area contributed by atoms with Crippen molar-refractivity contribution in [3.63, 3.8) is 0 Å². The summed E-state index contributed by atoms with van der Waals surface area (Å²) in [6, 6.07) is 2.13. The number of aryl methyl sites for hydroxylation is 1. The fraction of sp³-hybridized carbons (Fsp3) is 0.778. The van der Waals surface area contributed by atoms with Crippen molar-refractivity contribution < 1.29 is 9.15 Å². The highest BCUT2D eigenvalue weighted by molar-refractivity contribution is 5.20. The Balaban J connectivity index is 1.95. The van der Waals surface area contributed by atoms with Gasteiger partial charge in [-0.15, -0.1) is 0 Å². The summed E-state index contributed by atoms with van der Waals surface area (Å²) in [5.74, 6) is 4.12. The van der Waals surface area contributed by atoms with Gasteiger partial charge < -0.3 is 14.5 Å². The van der Waals surface area contributed by atoms with Crippen LogP contribution in [0, 0.1) is 24.7 Å². The van der Waals surface area contributed by atoms with E-state index >= 15 is 0 Å². The summed E-state index contributed by atoms with van der Waals surface area (Å²) in [4.78, 5) is 0. The van der Waals surface area contributed by atoms with Gasteiger partial charge in [-0.25, -0.2) is 0 Å². The van der Waals surface area contributed by atoms with Crippen LogP contribution >= 0.6 is 0 Å². The van der Waals surface area contributed by atoms with E-state index < -0.39 is 0 Å². The molecular formula is C18H31NO2. The first kappa shape index (κ1) is 16.6. The first-order valence-corrected chi connectivity index (χ1v) is 8.35. The molecule has 3 atom stereocenters. The largest absolute Gasteiger partial charge is 0.464 e. The topological polar surface area (TPSA) is 34.4 Å². The molecule has 0 spiro atoms. The summed E-state index contributed by atoms with van der Waals surface area (Å²) in [6.07, 6.45) is 4.21. The van der Waals surface area contributed by atoms with Crippen molar-refractivity contribution in [3.05, 3.63) is 23.2 Å². The van der Waals surface area contributed by atoms with Gasteiger partial charge in [0.05, 0.1) is 6.10 Å². The molecule has 1 aromatic rings. The van der Waals surface area contributed by atoms with Gasteiger partial charge in [-0.05, 0) is 50.6 Å². The molecule has 0 amide bonds. The fourth-order valence-corrected chi connectivity index (χ4v) is 3.52. The number of furan rings is 1. The molecule has 1 aliphatic rings. The lowest BCUT2D eigenvalue weighted by Gasteiger charge is -2.37. The molecule has 1 fully saturated rings. The second kappa shape index (κ2) is 7.46. The maximum Gasteiger partial charge on any atom is 0.130 e. The Bertz CT molecular complexity index is 438. The minimum absolute atomic E-state index is 0.381. The Kier molecular flexibility index (Phi) is 5.88. The van der Waals surface area contributed by atoms with E-state index in [-0.39, 0.29) is 0 Å². The zero-order valence-corrected chi connectivity index (χ0v) is 14.2. The number of hydrogen-bond acceptors (Lipinski definition) is 3. The normalized spacial score (nSPS) is 26.5. The molecule has 1 saturated carbocycles. The fourth-order valence-electron chi connectivity index (χ4n) is 3.52. The van der Waals surface area contributed by atoms with Gasteiger partial charge in [-0.3, -0.25) is 0 Å². The van der Waals surface area contributed by atoms with E-state index in [2.05, 4.69) is 32.2 Å². The Morgan fingerprint density at radius 1 is 1.38 bits per heavy atom. The summed E-state index contributed by atoms with van der Waals surface area (Å²) in [5, 5.41) is 3.17. The first-order valence-electron chi connectivity index (χ1n) is 8.35. The highest BCUT2D eigenvalue weighted by Gasteiger charge is 2.31. The lowest BCUT2D eigenvalue weighted by atomic mass is 9.75. The summed E-state index contributed by atoms with van der Waals surface area (Å²) < 4.78 is 12.1. The van der Waals surface area contributed by atoms with Crippen molar-refractivity contribution in [1.82, 2.24) is 5.32 Å². The van der Waals surface area contributed by atoms with Crippen LogP contribution in [-0.4, -0.2) is 13.2 Å². The van der Waals surface area contributed by atoms with Gasteiger partial charge in [-0.1, -0.05) is 27.2 Å². The smallest absolute Gasteiger partial charge is 0.130 e. The number of ether oxygens (including phenoxy) is 1. The average molecular weight is 293 g/mol. The van der Waals surface area contributed by atoms with Gasteiger partial charge in [0.25, 0.3) is 0 Å². The second-order valence-corrected chi connectivity index (χ2v) is 7.00. The molecular weight excluding hydrogens is 262 g/mol. The average Bonchev–Trinajstić information content (AvgIpc) is 2.77. The van der Waals surface area contributed by atoms with Gasteiger partial charge >= 0.3 is 0 Å². The third-order valence-electron chi connectivity index (χ3n) is 4.84. The summed E-state index contributed by atoms with van der Waals surface area (Å²) >= 11 is 0. The molecule has 0 bridgehead atoms. The summed E-state index contributed by atoms with van der Waals surface area (Å²) in [6.45, 7) is 10.5. The lowest BCUT2D eigenvalue weighted by Crippen LogP contribution is -2.34. The van der Waals surface area contributed by atoms with Crippen LogP contribution in [0.5, 0.6) is 0 Å². The van der Waals surface area contributed by atoms with Crippen LogP contribution in [0.25, 0.3) is 0 Å². The minimum atomic E-state index is 0.381. The number of nitrogens with one attached hydrogen (secondary N) is 1. The highest BCUT2D eigenvalue weighted by atomic mass is 16.5. The van der Waals surface area contributed by atoms with Crippen molar-refractivity contribution in [1.29, 1.82) is 0 Å². The lowest BCUT2D eigenvalue weighted by molar-refractivity contribution is -0.0524. The Labute approximate surface area is 129 Å². The maximum absolute atomic E-state index is 6.25. The van der Waals surface area contributed by atoms with Gasteiger partial charge in [0.15, 0.2) is 0 Å². The molecule has 2 rings (SSSR count). The Morgan fingerprint density at radius 3 is 2.81 bits per heavy atom. The molecule has 1 N–H and O–H groups in total. The third kappa shape index (κ3) is 4.33. The SMILES string of the molecule is CNCc1cc(COC2CC(C)CCC2C(C)C)oc1C. The predicted octanol–water partition coefficient (Wildman–Crippen LogP) is 4.28. The predicted molar refractivity (Wildman–Crippen MR) is 86.1 cm³/mol. The van der Waals surface area contributed by atoms with E-state index in [0.29, 0.717) is 24.5 Å². The van der Waals surface area contributed by atoms with Gasteiger partial charge in [0.2, 0.25) is 0 Å². The van der Waals surface area contributed by atoms with E-state index in [9.17, 15) is 0 Å². The standard InChI is InChI=1S/C18H31NO2/c1-12(2)17-7-6-13(3)8-18(17)20-11-16-9-15(10-19-5)14(4)21-16/h9,12-13,17-19H,6-8,10-11H2,1-5H3. The highest BCUT2D eigenvalue weighted by Crippen LogP contribution is 2.35. The van der Waals surface area contributed by atoms with E-state index in [0.717, 1.165) is 24.0 Å². The van der Waals surface area contributed by atoms with E-state index in [1.54, 1.807) is 0 Å². The molecule has 120 valence electrons. The first-order chi connectivity index (χ1) is 10.0. The van der Waals surface area contributed by atoms with E-state index in [4.69, 9.17) is 9.15 Å². The Morgan fingerprint density at radius 2 is 2.14 bits per heavy atom. The van der Waals surface area contributed by atoms with Gasteiger partial charge in [0.1, 0.15) is 18.1 Å². The van der Waals surface area contributed by atoms with E-state index in [1.807, 2.05) is 14.0 Å². The van der Waals surface area contributed by atoms with Crippen LogP contribution in [0.2, 0.25) is 0 Å². The third-order valence-corrected chi connectivity index (χ3v) is 4.84. The molecule has 3 heteroatoms. The molecule has 3 nitrogen and oxygen atoms in total. The van der Waals surface area contributed by atoms with Gasteiger partial charge in [-0.2, -0.15) is 0 Å². The number of rotatable bonds is 6. The molecule has 0 radical (unpaired) electrons. The second-order valence-electron chi connectivity index (χ2n) is 7.00. The van der Waals surface area contributed by atoms with Crippen molar-refractivity contribution in [3.8, 4) is 0 Å². The molecule has 3 unspecified atom stereocenters. The molecule has 1 aromatic heterocycles. The zero-order chi connectivity index (χ0) is 15.4. The zero-order valence-electron chi connectivity index (χ0n) is 14.2. The van der Waals surface area contributed by atoms with Crippen molar-refractivity contribution >= 4 is 0 Å². The quantitative estimate of drug-likeness (QED) is 0.850. The molecule has 21 heavy (non-hydrogen) atoms. The number of hydrogen-bond donors (Lipinski definition) is 1. The molecule has 0 saturated heterocycles. The van der Waals surface area contributed by atoms with Crippen LogP contribution in [-0.2, 0) is 17.9 Å². The summed E-state index contributed by atoms with van der Waals surface area (Å²) in [7, 11) is 1.96. The molecule has 0 aliphatic heterocycles. The van der Waals surface area contributed by atoms with Gasteiger partial charge in [0, 0.05) is 12.1 Å². The minimum Gasteiger partial charge on any atom is -0.464 e.